The van der Waals surface area contributed by atoms with Crippen LogP contribution in [0.2, 0.25) is 0 Å². The summed E-state index contributed by atoms with van der Waals surface area (Å²) in [5, 5.41) is 3.14. The summed E-state index contributed by atoms with van der Waals surface area (Å²) in [6.45, 7) is 4.91. The molecule has 110 valence electrons. The van der Waals surface area contributed by atoms with Crippen molar-refractivity contribution in [1.82, 2.24) is 10.0 Å². The quantitative estimate of drug-likeness (QED) is 0.717. The Labute approximate surface area is 122 Å². The number of hydrogen-bond acceptors (Lipinski definition) is 3. The van der Waals surface area contributed by atoms with Gasteiger partial charge >= 0.3 is 0 Å². The average Bonchev–Trinajstić information content (AvgIpc) is 2.28. The Hall–Kier alpha value is -0.620. The molecule has 0 aliphatic carbocycles. The molecule has 0 fully saturated rings. The number of halogens is 1. The minimum atomic E-state index is -3.14. The minimum absolute atomic E-state index is 0. The van der Waals surface area contributed by atoms with Crippen LogP contribution in [-0.4, -0.2) is 33.3 Å². The van der Waals surface area contributed by atoms with Crippen molar-refractivity contribution in [2.24, 2.45) is 0 Å². The van der Waals surface area contributed by atoms with Crippen LogP contribution in [0.1, 0.15) is 19.4 Å². The smallest absolute Gasteiger partial charge is 0.213 e. The van der Waals surface area contributed by atoms with Crippen LogP contribution in [0, 0.1) is 0 Å². The first-order chi connectivity index (χ1) is 8.49. The van der Waals surface area contributed by atoms with E-state index in [-0.39, 0.29) is 24.2 Å². The largest absolute Gasteiger partial charge is 0.315 e. The summed E-state index contributed by atoms with van der Waals surface area (Å²) in [6.07, 6.45) is 0.915. The lowest BCUT2D eigenvalue weighted by molar-refractivity contribution is 0.565. The van der Waals surface area contributed by atoms with Crippen molar-refractivity contribution in [3.05, 3.63) is 35.9 Å². The molecule has 0 spiro atoms. The van der Waals surface area contributed by atoms with Crippen LogP contribution in [0.3, 0.4) is 0 Å². The Kier molecular flexibility index (Phi) is 9.01. The van der Waals surface area contributed by atoms with Gasteiger partial charge in [0, 0.05) is 12.6 Å². The van der Waals surface area contributed by atoms with Gasteiger partial charge in [-0.2, -0.15) is 0 Å². The zero-order valence-corrected chi connectivity index (χ0v) is 13.1. The van der Waals surface area contributed by atoms with Crippen molar-refractivity contribution < 1.29 is 8.42 Å². The van der Waals surface area contributed by atoms with Crippen LogP contribution in [0.4, 0.5) is 0 Å². The maximum Gasteiger partial charge on any atom is 0.213 e. The molecule has 0 unspecified atom stereocenters. The number of hydrogen-bond donors (Lipinski definition) is 2. The van der Waals surface area contributed by atoms with E-state index in [0.717, 1.165) is 13.0 Å². The van der Waals surface area contributed by atoms with E-state index >= 15 is 0 Å². The standard InChI is InChI=1S/C13H22N2O2S.ClH/c1-12(2)15-18(16,17)11-10-14-9-8-13-6-4-3-5-7-13;/h3-7,12,14-15H,8-11H2,1-2H3;1H. The highest BCUT2D eigenvalue weighted by Gasteiger charge is 2.10. The fraction of sp³-hybridized carbons (Fsp3) is 0.538. The topological polar surface area (TPSA) is 58.2 Å². The van der Waals surface area contributed by atoms with Crippen LogP contribution in [0.15, 0.2) is 30.3 Å². The molecule has 19 heavy (non-hydrogen) atoms. The lowest BCUT2D eigenvalue weighted by Gasteiger charge is -2.10. The van der Waals surface area contributed by atoms with Crippen molar-refractivity contribution in [3.63, 3.8) is 0 Å². The van der Waals surface area contributed by atoms with Gasteiger partial charge in [0.05, 0.1) is 5.75 Å². The maximum absolute atomic E-state index is 11.5. The van der Waals surface area contributed by atoms with E-state index < -0.39 is 10.0 Å². The van der Waals surface area contributed by atoms with Crippen LogP contribution >= 0.6 is 12.4 Å². The summed E-state index contributed by atoms with van der Waals surface area (Å²) in [4.78, 5) is 0. The van der Waals surface area contributed by atoms with E-state index in [2.05, 4.69) is 22.2 Å². The molecule has 0 saturated carbocycles. The van der Waals surface area contributed by atoms with Gasteiger partial charge < -0.3 is 5.32 Å². The Bertz CT molecular complexity index is 435. The normalized spacial score (nSPS) is 11.3. The molecule has 6 heteroatoms. The molecule has 0 heterocycles. The molecule has 0 aliphatic rings. The monoisotopic (exact) mass is 306 g/mol. The predicted octanol–water partition coefficient (Wildman–Crippen LogP) is 1.57. The second kappa shape index (κ2) is 9.31. The molecular weight excluding hydrogens is 284 g/mol. The zero-order chi connectivity index (χ0) is 13.4. The van der Waals surface area contributed by atoms with Gasteiger partial charge in [-0.1, -0.05) is 30.3 Å². The molecule has 0 bridgehead atoms. The molecule has 0 amide bonds. The van der Waals surface area contributed by atoms with Crippen molar-refractivity contribution in [3.8, 4) is 0 Å². The lowest BCUT2D eigenvalue weighted by Crippen LogP contribution is -2.36. The Morgan fingerprint density at radius 2 is 1.74 bits per heavy atom. The highest BCUT2D eigenvalue weighted by atomic mass is 35.5. The third-order valence-electron chi connectivity index (χ3n) is 2.40. The predicted molar refractivity (Wildman–Crippen MR) is 82.3 cm³/mol. The van der Waals surface area contributed by atoms with E-state index in [0.29, 0.717) is 6.54 Å². The van der Waals surface area contributed by atoms with Crippen LogP contribution in [0.25, 0.3) is 0 Å². The van der Waals surface area contributed by atoms with Gasteiger partial charge in [0.1, 0.15) is 0 Å². The van der Waals surface area contributed by atoms with Gasteiger partial charge in [-0.3, -0.25) is 0 Å². The van der Waals surface area contributed by atoms with E-state index in [1.807, 2.05) is 32.0 Å². The lowest BCUT2D eigenvalue weighted by atomic mass is 10.1. The number of rotatable bonds is 8. The summed E-state index contributed by atoms with van der Waals surface area (Å²) < 4.78 is 25.6. The number of benzene rings is 1. The summed E-state index contributed by atoms with van der Waals surface area (Å²) in [6, 6.07) is 10.1. The first-order valence-electron chi connectivity index (χ1n) is 6.24. The zero-order valence-electron chi connectivity index (χ0n) is 11.4. The van der Waals surface area contributed by atoms with Crippen LogP contribution in [0.5, 0.6) is 0 Å². The Balaban J connectivity index is 0.00000324. The van der Waals surface area contributed by atoms with Gasteiger partial charge in [-0.05, 0) is 32.4 Å². The average molecular weight is 307 g/mol. The molecule has 0 aromatic heterocycles. The molecule has 0 radical (unpaired) electrons. The molecule has 1 rings (SSSR count). The fourth-order valence-electron chi connectivity index (χ4n) is 1.63. The molecule has 0 saturated heterocycles. The molecule has 1 aromatic carbocycles. The molecule has 1 aromatic rings. The molecular formula is C13H23ClN2O2S. The van der Waals surface area contributed by atoms with E-state index in [1.54, 1.807) is 0 Å². The number of sulfonamides is 1. The van der Waals surface area contributed by atoms with Crippen molar-refractivity contribution >= 4 is 22.4 Å². The summed E-state index contributed by atoms with van der Waals surface area (Å²) in [5.41, 5.74) is 1.26. The van der Waals surface area contributed by atoms with E-state index in [4.69, 9.17) is 0 Å². The van der Waals surface area contributed by atoms with Gasteiger partial charge in [0.15, 0.2) is 0 Å². The summed E-state index contributed by atoms with van der Waals surface area (Å²) in [7, 11) is -3.14. The van der Waals surface area contributed by atoms with Crippen molar-refractivity contribution in [2.75, 3.05) is 18.8 Å². The van der Waals surface area contributed by atoms with Gasteiger partial charge in [0.25, 0.3) is 0 Å². The molecule has 2 N–H and O–H groups in total. The van der Waals surface area contributed by atoms with Gasteiger partial charge in [0.2, 0.25) is 10.0 Å². The van der Waals surface area contributed by atoms with Crippen LogP contribution < -0.4 is 10.0 Å². The first-order valence-corrected chi connectivity index (χ1v) is 7.89. The third-order valence-corrected chi connectivity index (χ3v) is 3.97. The fourth-order valence-corrected chi connectivity index (χ4v) is 2.88. The van der Waals surface area contributed by atoms with Gasteiger partial charge in [-0.25, -0.2) is 13.1 Å². The Morgan fingerprint density at radius 1 is 1.11 bits per heavy atom. The van der Waals surface area contributed by atoms with Crippen LogP contribution in [-0.2, 0) is 16.4 Å². The van der Waals surface area contributed by atoms with Crippen molar-refractivity contribution in [2.45, 2.75) is 26.3 Å². The highest BCUT2D eigenvalue weighted by Crippen LogP contribution is 1.98. The molecule has 0 aliphatic heterocycles. The summed E-state index contributed by atoms with van der Waals surface area (Å²) in [5.74, 6) is 0.125. The second-order valence-electron chi connectivity index (χ2n) is 4.58. The highest BCUT2D eigenvalue weighted by molar-refractivity contribution is 7.89. The van der Waals surface area contributed by atoms with Crippen molar-refractivity contribution in [1.29, 1.82) is 0 Å². The maximum atomic E-state index is 11.5. The SMILES string of the molecule is CC(C)NS(=O)(=O)CCNCCc1ccccc1.Cl. The first kappa shape index (κ1) is 18.4. The van der Waals surface area contributed by atoms with E-state index in [9.17, 15) is 8.42 Å². The van der Waals surface area contributed by atoms with E-state index in [1.165, 1.54) is 5.56 Å². The minimum Gasteiger partial charge on any atom is -0.315 e. The van der Waals surface area contributed by atoms with Gasteiger partial charge in [-0.15, -0.1) is 12.4 Å². The second-order valence-corrected chi connectivity index (χ2v) is 6.45. The Morgan fingerprint density at radius 3 is 2.32 bits per heavy atom. The number of nitrogens with one attached hydrogen (secondary N) is 2. The third kappa shape index (κ3) is 8.99. The molecule has 4 nitrogen and oxygen atoms in total. The molecule has 0 atom stereocenters. The summed E-state index contributed by atoms with van der Waals surface area (Å²) >= 11 is 0.